The molecule has 0 unspecified atom stereocenters. The van der Waals surface area contributed by atoms with Crippen LogP contribution in [-0.2, 0) is 0 Å². The molecular weight excluding hydrogens is 319 g/mol. The third kappa shape index (κ3) is 3.42. The number of non-ortho nitro benzene ring substituents is 1. The number of phenols is 1. The van der Waals surface area contributed by atoms with Crippen molar-refractivity contribution in [1.29, 1.82) is 0 Å². The first-order valence-electron chi connectivity index (χ1n) is 5.62. The van der Waals surface area contributed by atoms with Crippen molar-refractivity contribution in [3.8, 4) is 5.75 Å². The second-order valence-electron chi connectivity index (χ2n) is 4.04. The number of hydrogen-bond acceptors (Lipinski definition) is 4. The van der Waals surface area contributed by atoms with Gasteiger partial charge in [-0.15, -0.1) is 0 Å². The molecule has 0 radical (unpaired) electrons. The summed E-state index contributed by atoms with van der Waals surface area (Å²) < 4.78 is 0. The molecule has 2 N–H and O–H groups in total. The molecule has 108 valence electrons. The van der Waals surface area contributed by atoms with Crippen LogP contribution < -0.4 is 5.32 Å². The molecule has 0 aromatic heterocycles. The van der Waals surface area contributed by atoms with E-state index in [2.05, 4.69) is 5.32 Å². The van der Waals surface area contributed by atoms with E-state index in [0.29, 0.717) is 0 Å². The van der Waals surface area contributed by atoms with Gasteiger partial charge in [0.15, 0.2) is 0 Å². The summed E-state index contributed by atoms with van der Waals surface area (Å²) in [6, 6.07) is 7.61. The summed E-state index contributed by atoms with van der Waals surface area (Å²) in [6.45, 7) is 0. The molecule has 8 heteroatoms. The molecule has 0 aliphatic carbocycles. The molecule has 0 fully saturated rings. The molecule has 0 saturated heterocycles. The predicted octanol–water partition coefficient (Wildman–Crippen LogP) is 3.86. The van der Waals surface area contributed by atoms with Crippen LogP contribution >= 0.6 is 23.2 Å². The Bertz CT molecular complexity index is 734. The van der Waals surface area contributed by atoms with Gasteiger partial charge in [0.25, 0.3) is 11.6 Å². The molecule has 0 aliphatic rings. The minimum Gasteiger partial charge on any atom is -0.506 e. The highest BCUT2D eigenvalue weighted by molar-refractivity contribution is 6.34. The van der Waals surface area contributed by atoms with Crippen LogP contribution in [0.1, 0.15) is 10.4 Å². The van der Waals surface area contributed by atoms with Crippen LogP contribution in [0.5, 0.6) is 5.75 Å². The highest BCUT2D eigenvalue weighted by atomic mass is 35.5. The SMILES string of the molecule is O=C(Nc1cc([N+](=O)[O-])ccc1Cl)c1ccc(O)c(Cl)c1. The van der Waals surface area contributed by atoms with E-state index in [1.165, 1.54) is 30.3 Å². The summed E-state index contributed by atoms with van der Waals surface area (Å²) in [5.74, 6) is -0.708. The van der Waals surface area contributed by atoms with Gasteiger partial charge in [-0.3, -0.25) is 14.9 Å². The number of carbonyl (C=O) groups excluding carboxylic acids is 1. The number of nitrogens with zero attached hydrogens (tertiary/aromatic N) is 1. The second kappa shape index (κ2) is 5.99. The fraction of sp³-hybridized carbons (Fsp3) is 0. The van der Waals surface area contributed by atoms with Gasteiger partial charge in [-0.1, -0.05) is 23.2 Å². The van der Waals surface area contributed by atoms with Crippen LogP contribution in [0.2, 0.25) is 10.0 Å². The van der Waals surface area contributed by atoms with Crippen LogP contribution in [0.4, 0.5) is 11.4 Å². The van der Waals surface area contributed by atoms with Crippen molar-refractivity contribution in [3.05, 3.63) is 62.1 Å². The molecule has 0 heterocycles. The average Bonchev–Trinajstić information content (AvgIpc) is 2.43. The summed E-state index contributed by atoms with van der Waals surface area (Å²) in [5.41, 5.74) is 0.0962. The molecule has 2 aromatic carbocycles. The van der Waals surface area contributed by atoms with Gasteiger partial charge in [0.2, 0.25) is 0 Å². The first-order valence-corrected chi connectivity index (χ1v) is 6.38. The Hall–Kier alpha value is -2.31. The van der Waals surface area contributed by atoms with E-state index in [4.69, 9.17) is 23.2 Å². The summed E-state index contributed by atoms with van der Waals surface area (Å²) >= 11 is 11.6. The minimum atomic E-state index is -0.594. The lowest BCUT2D eigenvalue weighted by molar-refractivity contribution is -0.384. The van der Waals surface area contributed by atoms with E-state index in [1.807, 2.05) is 0 Å². The lowest BCUT2D eigenvalue weighted by atomic mass is 10.2. The zero-order chi connectivity index (χ0) is 15.6. The number of carbonyl (C=O) groups is 1. The standard InChI is InChI=1S/C13H8Cl2N2O4/c14-9-3-2-8(17(20)21)6-11(9)16-13(19)7-1-4-12(18)10(15)5-7/h1-6,18H,(H,16,19). The number of benzene rings is 2. The number of phenolic OH excluding ortho intramolecular Hbond substituents is 1. The van der Waals surface area contributed by atoms with Gasteiger partial charge in [0.05, 0.1) is 20.7 Å². The van der Waals surface area contributed by atoms with Crippen molar-refractivity contribution in [2.45, 2.75) is 0 Å². The Balaban J connectivity index is 2.28. The first-order chi connectivity index (χ1) is 9.88. The molecule has 2 rings (SSSR count). The number of amides is 1. The molecule has 1 amide bonds. The molecule has 0 saturated carbocycles. The van der Waals surface area contributed by atoms with Crippen molar-refractivity contribution in [2.24, 2.45) is 0 Å². The summed E-state index contributed by atoms with van der Waals surface area (Å²) in [4.78, 5) is 22.1. The van der Waals surface area contributed by atoms with Crippen LogP contribution in [0.3, 0.4) is 0 Å². The van der Waals surface area contributed by atoms with Crippen LogP contribution in [0, 0.1) is 10.1 Å². The van der Waals surface area contributed by atoms with Gasteiger partial charge < -0.3 is 10.4 Å². The maximum atomic E-state index is 12.0. The number of anilines is 1. The normalized spacial score (nSPS) is 10.2. The van der Waals surface area contributed by atoms with Crippen molar-refractivity contribution < 1.29 is 14.8 Å². The lowest BCUT2D eigenvalue weighted by Crippen LogP contribution is -2.12. The van der Waals surface area contributed by atoms with E-state index in [-0.39, 0.29) is 32.7 Å². The Labute approximate surface area is 129 Å². The third-order valence-corrected chi connectivity index (χ3v) is 3.25. The first kappa shape index (κ1) is 15.1. The van der Waals surface area contributed by atoms with E-state index in [0.717, 1.165) is 6.07 Å². The van der Waals surface area contributed by atoms with E-state index < -0.39 is 10.8 Å². The third-order valence-electron chi connectivity index (χ3n) is 2.62. The smallest absolute Gasteiger partial charge is 0.271 e. The van der Waals surface area contributed by atoms with Gasteiger partial charge >= 0.3 is 0 Å². The van der Waals surface area contributed by atoms with Crippen molar-refractivity contribution >= 4 is 40.5 Å². The monoisotopic (exact) mass is 326 g/mol. The minimum absolute atomic E-state index is 0.0211. The summed E-state index contributed by atoms with van der Waals surface area (Å²) in [5, 5.41) is 22.6. The number of nitrogens with one attached hydrogen (secondary N) is 1. The van der Waals surface area contributed by atoms with Crippen LogP contribution in [-0.4, -0.2) is 15.9 Å². The largest absolute Gasteiger partial charge is 0.506 e. The number of rotatable bonds is 3. The van der Waals surface area contributed by atoms with Crippen molar-refractivity contribution in [1.82, 2.24) is 0 Å². The molecule has 2 aromatic rings. The lowest BCUT2D eigenvalue weighted by Gasteiger charge is -2.08. The predicted molar refractivity (Wildman–Crippen MR) is 79.2 cm³/mol. The van der Waals surface area contributed by atoms with Crippen LogP contribution in [0.25, 0.3) is 0 Å². The number of aromatic hydroxyl groups is 1. The Morgan fingerprint density at radius 3 is 2.48 bits per heavy atom. The van der Waals surface area contributed by atoms with E-state index in [1.54, 1.807) is 0 Å². The molecular formula is C13H8Cl2N2O4. The number of nitro benzene ring substituents is 1. The van der Waals surface area contributed by atoms with Crippen molar-refractivity contribution in [3.63, 3.8) is 0 Å². The highest BCUT2D eigenvalue weighted by Crippen LogP contribution is 2.28. The number of hydrogen-bond donors (Lipinski definition) is 2. The molecule has 0 atom stereocenters. The Morgan fingerprint density at radius 2 is 1.86 bits per heavy atom. The van der Waals surface area contributed by atoms with Crippen LogP contribution in [0.15, 0.2) is 36.4 Å². The molecule has 21 heavy (non-hydrogen) atoms. The Kier molecular flexibility index (Phi) is 4.30. The summed E-state index contributed by atoms with van der Waals surface area (Å²) in [6.07, 6.45) is 0. The zero-order valence-corrected chi connectivity index (χ0v) is 11.9. The summed E-state index contributed by atoms with van der Waals surface area (Å²) in [7, 11) is 0. The topological polar surface area (TPSA) is 92.5 Å². The van der Waals surface area contributed by atoms with Gasteiger partial charge in [-0.25, -0.2) is 0 Å². The van der Waals surface area contributed by atoms with Crippen molar-refractivity contribution in [2.75, 3.05) is 5.32 Å². The molecule has 0 aliphatic heterocycles. The number of halogens is 2. The fourth-order valence-electron chi connectivity index (χ4n) is 1.57. The Morgan fingerprint density at radius 1 is 1.14 bits per heavy atom. The molecule has 6 nitrogen and oxygen atoms in total. The molecule has 0 bridgehead atoms. The van der Waals surface area contributed by atoms with Gasteiger partial charge in [-0.05, 0) is 24.3 Å². The highest BCUT2D eigenvalue weighted by Gasteiger charge is 2.14. The van der Waals surface area contributed by atoms with E-state index >= 15 is 0 Å². The maximum Gasteiger partial charge on any atom is 0.271 e. The average molecular weight is 327 g/mol. The molecule has 0 spiro atoms. The number of nitro groups is 1. The fourth-order valence-corrected chi connectivity index (χ4v) is 1.91. The zero-order valence-electron chi connectivity index (χ0n) is 10.3. The second-order valence-corrected chi connectivity index (χ2v) is 4.86. The maximum absolute atomic E-state index is 12.0. The van der Waals surface area contributed by atoms with E-state index in [9.17, 15) is 20.0 Å². The quantitative estimate of drug-likeness (QED) is 0.661. The van der Waals surface area contributed by atoms with Gasteiger partial charge in [0.1, 0.15) is 5.75 Å². The van der Waals surface area contributed by atoms with Gasteiger partial charge in [-0.2, -0.15) is 0 Å². The van der Waals surface area contributed by atoms with Gasteiger partial charge in [0, 0.05) is 17.7 Å².